The van der Waals surface area contributed by atoms with Crippen molar-refractivity contribution in [3.63, 3.8) is 0 Å². The van der Waals surface area contributed by atoms with Gasteiger partial charge >= 0.3 is 5.97 Å². The molecule has 1 N–H and O–H groups in total. The van der Waals surface area contributed by atoms with Gasteiger partial charge in [-0.05, 0) is 70.9 Å². The zero-order chi connectivity index (χ0) is 23.3. The first kappa shape index (κ1) is 22.7. The number of ether oxygens (including phenoxy) is 2. The Hall–Kier alpha value is -3.97. The molecule has 0 aliphatic carbocycles. The number of hydrogen-bond acceptors (Lipinski definition) is 7. The first-order valence-electron chi connectivity index (χ1n) is 9.02. The van der Waals surface area contributed by atoms with Crippen LogP contribution in [0.15, 0.2) is 57.0 Å². The Bertz CT molecular complexity index is 1250. The van der Waals surface area contributed by atoms with E-state index in [-0.39, 0.29) is 28.5 Å². The third-order valence-corrected chi connectivity index (χ3v) is 4.66. The lowest BCUT2D eigenvalue weighted by Gasteiger charge is -2.12. The van der Waals surface area contributed by atoms with E-state index in [4.69, 9.17) is 14.0 Å². The highest BCUT2D eigenvalue weighted by Crippen LogP contribution is 2.37. The number of esters is 1. The molecule has 0 radical (unpaired) electrons. The SMILES string of the molecule is COc1cc(/C=C(/C#N)C(=O)Nc2cc(C)on2)cc(Br)c1OC(=O)c1ccc(F)cc1. The van der Waals surface area contributed by atoms with Crippen LogP contribution in [0.4, 0.5) is 10.2 Å². The van der Waals surface area contributed by atoms with Gasteiger partial charge in [0.25, 0.3) is 5.91 Å². The molecule has 0 aliphatic heterocycles. The molecule has 1 aromatic heterocycles. The summed E-state index contributed by atoms with van der Waals surface area (Å²) in [5, 5.41) is 15.5. The average Bonchev–Trinajstić information content (AvgIpc) is 3.18. The summed E-state index contributed by atoms with van der Waals surface area (Å²) in [6.45, 7) is 1.66. The molecule has 0 aliphatic rings. The van der Waals surface area contributed by atoms with Crippen molar-refractivity contribution in [3.8, 4) is 17.6 Å². The van der Waals surface area contributed by atoms with Gasteiger partial charge in [-0.2, -0.15) is 5.26 Å². The minimum atomic E-state index is -0.715. The van der Waals surface area contributed by atoms with E-state index >= 15 is 0 Å². The largest absolute Gasteiger partial charge is 0.493 e. The van der Waals surface area contributed by atoms with E-state index in [0.717, 1.165) is 12.1 Å². The van der Waals surface area contributed by atoms with Crippen LogP contribution in [0.25, 0.3) is 6.08 Å². The molecule has 8 nitrogen and oxygen atoms in total. The molecule has 0 fully saturated rings. The molecule has 0 atom stereocenters. The van der Waals surface area contributed by atoms with Crippen molar-refractivity contribution in [1.82, 2.24) is 5.16 Å². The summed E-state index contributed by atoms with van der Waals surface area (Å²) in [6, 6.07) is 11.2. The molecule has 0 saturated heterocycles. The fourth-order valence-corrected chi connectivity index (χ4v) is 3.12. The highest BCUT2D eigenvalue weighted by Gasteiger charge is 2.18. The number of carbonyl (C=O) groups excluding carboxylic acids is 2. The minimum absolute atomic E-state index is 0.0833. The van der Waals surface area contributed by atoms with Gasteiger partial charge in [0.05, 0.1) is 17.1 Å². The van der Waals surface area contributed by atoms with Crippen molar-refractivity contribution in [2.75, 3.05) is 12.4 Å². The van der Waals surface area contributed by atoms with Crippen LogP contribution in [-0.2, 0) is 4.79 Å². The Morgan fingerprint density at radius 2 is 1.97 bits per heavy atom. The molecule has 3 aromatic rings. The number of aromatic nitrogens is 1. The molecule has 1 heterocycles. The Morgan fingerprint density at radius 1 is 1.25 bits per heavy atom. The Balaban J connectivity index is 1.85. The van der Waals surface area contributed by atoms with E-state index in [2.05, 4.69) is 26.4 Å². The fraction of sp³-hybridized carbons (Fsp3) is 0.0909. The Kier molecular flexibility index (Phi) is 7.02. The summed E-state index contributed by atoms with van der Waals surface area (Å²) in [7, 11) is 1.37. The van der Waals surface area contributed by atoms with Crippen molar-refractivity contribution < 1.29 is 28.0 Å². The highest BCUT2D eigenvalue weighted by molar-refractivity contribution is 9.10. The van der Waals surface area contributed by atoms with Gasteiger partial charge in [-0.15, -0.1) is 0 Å². The molecule has 0 unspecified atom stereocenters. The number of carbonyl (C=O) groups is 2. The van der Waals surface area contributed by atoms with Crippen LogP contribution in [0, 0.1) is 24.1 Å². The van der Waals surface area contributed by atoms with Crippen LogP contribution >= 0.6 is 15.9 Å². The maximum absolute atomic E-state index is 13.1. The zero-order valence-electron chi connectivity index (χ0n) is 16.8. The lowest BCUT2D eigenvalue weighted by molar-refractivity contribution is -0.112. The number of nitrogens with one attached hydrogen (secondary N) is 1. The topological polar surface area (TPSA) is 114 Å². The van der Waals surface area contributed by atoms with Crippen molar-refractivity contribution in [2.24, 2.45) is 0 Å². The predicted octanol–water partition coefficient (Wildman–Crippen LogP) is 4.66. The molecule has 0 saturated carbocycles. The van der Waals surface area contributed by atoms with Gasteiger partial charge in [0.15, 0.2) is 17.3 Å². The molecule has 162 valence electrons. The summed E-state index contributed by atoms with van der Waals surface area (Å²) < 4.78 is 29.0. The Labute approximate surface area is 190 Å². The normalized spacial score (nSPS) is 10.9. The first-order valence-corrected chi connectivity index (χ1v) is 9.81. The third kappa shape index (κ3) is 5.39. The van der Waals surface area contributed by atoms with Gasteiger partial charge in [-0.3, -0.25) is 4.79 Å². The maximum Gasteiger partial charge on any atom is 0.343 e. The van der Waals surface area contributed by atoms with E-state index in [0.29, 0.717) is 15.8 Å². The molecule has 0 spiro atoms. The van der Waals surface area contributed by atoms with Crippen LogP contribution < -0.4 is 14.8 Å². The number of nitrogens with zero attached hydrogens (tertiary/aromatic N) is 2. The molecular formula is C22H15BrFN3O5. The molecule has 10 heteroatoms. The molecule has 3 rings (SSSR count). The quantitative estimate of drug-likeness (QED) is 0.227. The summed E-state index contributed by atoms with van der Waals surface area (Å²) in [5.41, 5.74) is 0.379. The zero-order valence-corrected chi connectivity index (χ0v) is 18.4. The average molecular weight is 500 g/mol. The molecule has 32 heavy (non-hydrogen) atoms. The summed E-state index contributed by atoms with van der Waals surface area (Å²) in [6.07, 6.45) is 1.33. The Morgan fingerprint density at radius 3 is 2.56 bits per heavy atom. The van der Waals surface area contributed by atoms with Gasteiger partial charge in [0, 0.05) is 6.07 Å². The smallest absolute Gasteiger partial charge is 0.343 e. The van der Waals surface area contributed by atoms with Crippen molar-refractivity contribution in [1.29, 1.82) is 5.26 Å². The van der Waals surface area contributed by atoms with E-state index in [1.54, 1.807) is 13.0 Å². The number of halogens is 2. The summed E-state index contributed by atoms with van der Waals surface area (Å²) in [4.78, 5) is 24.7. The first-order chi connectivity index (χ1) is 15.3. The molecule has 1 amide bonds. The van der Waals surface area contributed by atoms with E-state index < -0.39 is 17.7 Å². The van der Waals surface area contributed by atoms with Gasteiger partial charge < -0.3 is 19.3 Å². The van der Waals surface area contributed by atoms with Crippen molar-refractivity contribution >= 4 is 39.7 Å². The van der Waals surface area contributed by atoms with Gasteiger partial charge in [-0.25, -0.2) is 9.18 Å². The number of aryl methyl sites for hydroxylation is 1. The maximum atomic E-state index is 13.1. The van der Waals surface area contributed by atoms with Crippen molar-refractivity contribution in [2.45, 2.75) is 6.92 Å². The number of hydrogen-bond donors (Lipinski definition) is 1. The van der Waals surface area contributed by atoms with E-state index in [9.17, 15) is 19.2 Å². The number of benzene rings is 2. The van der Waals surface area contributed by atoms with Crippen molar-refractivity contribution in [3.05, 3.63) is 75.2 Å². The third-order valence-electron chi connectivity index (χ3n) is 4.07. The highest BCUT2D eigenvalue weighted by atomic mass is 79.9. The van der Waals surface area contributed by atoms with Crippen LogP contribution in [-0.4, -0.2) is 24.1 Å². The van der Waals surface area contributed by atoms with Crippen LogP contribution in [0.5, 0.6) is 11.5 Å². The lowest BCUT2D eigenvalue weighted by Crippen LogP contribution is -2.13. The summed E-state index contributed by atoms with van der Waals surface area (Å²) >= 11 is 3.30. The van der Waals surface area contributed by atoms with Gasteiger partial charge in [0.1, 0.15) is 23.2 Å². The summed E-state index contributed by atoms with van der Waals surface area (Å²) in [5.74, 6) is -0.939. The van der Waals surface area contributed by atoms with Crippen LogP contribution in [0.2, 0.25) is 0 Å². The molecule has 0 bridgehead atoms. The van der Waals surface area contributed by atoms with Crippen LogP contribution in [0.1, 0.15) is 21.7 Å². The number of amides is 1. The molecular weight excluding hydrogens is 485 g/mol. The minimum Gasteiger partial charge on any atom is -0.493 e. The number of methoxy groups -OCH3 is 1. The van der Waals surface area contributed by atoms with Gasteiger partial charge in [0.2, 0.25) is 0 Å². The standard InChI is InChI=1S/C22H15BrFN3O5/c1-12-7-19(27-32-12)26-21(28)15(11-25)8-13-9-17(23)20(18(10-13)30-2)31-22(29)14-3-5-16(24)6-4-14/h3-10H,1-2H3,(H,26,27,28)/b15-8-. The monoisotopic (exact) mass is 499 g/mol. The number of anilines is 1. The van der Waals surface area contributed by atoms with Crippen LogP contribution in [0.3, 0.4) is 0 Å². The second-order valence-corrected chi connectivity index (χ2v) is 7.23. The predicted molar refractivity (Wildman–Crippen MR) is 116 cm³/mol. The van der Waals surface area contributed by atoms with E-state index in [1.807, 2.05) is 6.07 Å². The lowest BCUT2D eigenvalue weighted by atomic mass is 10.1. The second kappa shape index (κ2) is 9.89. The number of nitriles is 1. The second-order valence-electron chi connectivity index (χ2n) is 6.38. The fourth-order valence-electron chi connectivity index (χ4n) is 2.58. The van der Waals surface area contributed by atoms with Gasteiger partial charge in [-0.1, -0.05) is 5.16 Å². The molecule has 2 aromatic carbocycles. The number of rotatable bonds is 6. The van der Waals surface area contributed by atoms with E-state index in [1.165, 1.54) is 37.5 Å².